The van der Waals surface area contributed by atoms with Gasteiger partial charge in [0.25, 0.3) is 5.91 Å². The lowest BCUT2D eigenvalue weighted by atomic mass is 10.3. The van der Waals surface area contributed by atoms with E-state index in [0.29, 0.717) is 31.1 Å². The molecule has 1 amide bonds. The van der Waals surface area contributed by atoms with E-state index >= 15 is 0 Å². The van der Waals surface area contributed by atoms with E-state index in [1.165, 1.54) is 10.7 Å². The third-order valence-electron chi connectivity index (χ3n) is 4.22. The number of morpholine rings is 1. The summed E-state index contributed by atoms with van der Waals surface area (Å²) in [6.45, 7) is 4.49. The summed E-state index contributed by atoms with van der Waals surface area (Å²) in [5.41, 5.74) is 0.397. The quantitative estimate of drug-likeness (QED) is 0.743. The number of amides is 1. The molecule has 1 unspecified atom stereocenters. The van der Waals surface area contributed by atoms with Gasteiger partial charge in [0.15, 0.2) is 6.61 Å². The highest BCUT2D eigenvalue weighted by molar-refractivity contribution is 5.89. The molecule has 0 saturated carbocycles. The van der Waals surface area contributed by atoms with Crippen LogP contribution in [0, 0.1) is 6.92 Å². The number of ether oxygens (including phenoxy) is 2. The fourth-order valence-corrected chi connectivity index (χ4v) is 2.85. The van der Waals surface area contributed by atoms with Crippen LogP contribution in [0.15, 0.2) is 41.2 Å². The van der Waals surface area contributed by atoms with Crippen molar-refractivity contribution in [2.24, 2.45) is 0 Å². The Morgan fingerprint density at radius 3 is 2.74 bits per heavy atom. The zero-order valence-corrected chi connectivity index (χ0v) is 15.3. The summed E-state index contributed by atoms with van der Waals surface area (Å²) in [6.07, 6.45) is -0.0600. The predicted molar refractivity (Wildman–Crippen MR) is 96.8 cm³/mol. The smallest absolute Gasteiger partial charge is 0.363 e. The first-order chi connectivity index (χ1) is 13.0. The molecule has 8 heteroatoms. The fourth-order valence-electron chi connectivity index (χ4n) is 2.85. The van der Waals surface area contributed by atoms with Gasteiger partial charge in [0.05, 0.1) is 18.4 Å². The molecule has 1 aromatic heterocycles. The van der Waals surface area contributed by atoms with Crippen molar-refractivity contribution in [2.75, 3.05) is 26.3 Å². The van der Waals surface area contributed by atoms with Crippen LogP contribution in [0.25, 0.3) is 5.69 Å². The zero-order valence-electron chi connectivity index (χ0n) is 15.3. The number of rotatable bonds is 4. The Kier molecular flexibility index (Phi) is 5.66. The normalized spacial score (nSPS) is 16.8. The predicted octanol–water partition coefficient (Wildman–Crippen LogP) is 0.945. The van der Waals surface area contributed by atoms with Gasteiger partial charge in [-0.05, 0) is 26.0 Å². The number of nitrogens with zero attached hydrogens (tertiary/aromatic N) is 3. The van der Waals surface area contributed by atoms with Crippen LogP contribution in [-0.2, 0) is 14.3 Å². The van der Waals surface area contributed by atoms with Gasteiger partial charge in [-0.1, -0.05) is 18.2 Å². The number of carbonyl (C=O) groups excluding carboxylic acids is 2. The zero-order chi connectivity index (χ0) is 19.4. The topological polar surface area (TPSA) is 90.7 Å². The second-order valence-corrected chi connectivity index (χ2v) is 6.34. The molecular formula is C19H21N3O5. The molecule has 1 saturated heterocycles. The van der Waals surface area contributed by atoms with Crippen molar-refractivity contribution in [3.8, 4) is 5.69 Å². The summed E-state index contributed by atoms with van der Waals surface area (Å²) < 4.78 is 11.9. The highest BCUT2D eigenvalue weighted by Crippen LogP contribution is 2.09. The van der Waals surface area contributed by atoms with E-state index < -0.39 is 18.0 Å². The van der Waals surface area contributed by atoms with E-state index in [0.717, 1.165) is 0 Å². The molecule has 3 rings (SSSR count). The Hall–Kier alpha value is -3.00. The van der Waals surface area contributed by atoms with Gasteiger partial charge in [-0.25, -0.2) is 9.48 Å². The minimum Gasteiger partial charge on any atom is -0.451 e. The second kappa shape index (κ2) is 8.13. The van der Waals surface area contributed by atoms with E-state index in [1.54, 1.807) is 11.8 Å². The molecule has 0 bridgehead atoms. The molecule has 2 aromatic rings. The molecule has 0 aliphatic carbocycles. The van der Waals surface area contributed by atoms with E-state index in [1.807, 2.05) is 37.3 Å². The minimum absolute atomic E-state index is 0.0600. The van der Waals surface area contributed by atoms with Gasteiger partial charge in [-0.3, -0.25) is 9.59 Å². The Morgan fingerprint density at radius 1 is 1.30 bits per heavy atom. The lowest BCUT2D eigenvalue weighted by molar-refractivity contribution is -0.141. The highest BCUT2D eigenvalue weighted by Gasteiger charge is 2.24. The van der Waals surface area contributed by atoms with Gasteiger partial charge in [0, 0.05) is 24.8 Å². The molecule has 1 aromatic carbocycles. The summed E-state index contributed by atoms with van der Waals surface area (Å²) >= 11 is 0. The highest BCUT2D eigenvalue weighted by atomic mass is 16.5. The van der Waals surface area contributed by atoms with E-state index in [2.05, 4.69) is 5.10 Å². The summed E-state index contributed by atoms with van der Waals surface area (Å²) in [4.78, 5) is 38.3. The first-order valence-corrected chi connectivity index (χ1v) is 8.68. The van der Waals surface area contributed by atoms with Gasteiger partial charge in [-0.2, -0.15) is 5.10 Å². The third-order valence-corrected chi connectivity index (χ3v) is 4.22. The van der Waals surface area contributed by atoms with Crippen LogP contribution in [0.1, 0.15) is 23.1 Å². The molecule has 1 aliphatic rings. The summed E-state index contributed by atoms with van der Waals surface area (Å²) in [5.74, 6) is -1.24. The van der Waals surface area contributed by atoms with Crippen molar-refractivity contribution in [3.63, 3.8) is 0 Å². The van der Waals surface area contributed by atoms with Crippen LogP contribution in [0.5, 0.6) is 0 Å². The number of aromatic nitrogens is 2. The Labute approximate surface area is 156 Å². The van der Waals surface area contributed by atoms with Crippen molar-refractivity contribution < 1.29 is 19.1 Å². The molecule has 0 spiro atoms. The van der Waals surface area contributed by atoms with Crippen molar-refractivity contribution in [1.82, 2.24) is 14.7 Å². The van der Waals surface area contributed by atoms with Gasteiger partial charge >= 0.3 is 5.97 Å². The lowest BCUT2D eigenvalue weighted by Gasteiger charge is -2.30. The van der Waals surface area contributed by atoms with Crippen LogP contribution >= 0.6 is 0 Å². The molecule has 0 N–H and O–H groups in total. The maximum Gasteiger partial charge on any atom is 0.363 e. The number of benzene rings is 1. The number of carbonyl (C=O) groups is 2. The van der Waals surface area contributed by atoms with Crippen LogP contribution in [-0.4, -0.2) is 59.0 Å². The monoisotopic (exact) mass is 371 g/mol. The molecule has 1 aliphatic heterocycles. The largest absolute Gasteiger partial charge is 0.451 e. The molecule has 1 fully saturated rings. The SMILES string of the molecule is Cc1cc(=O)c(C(=O)OCC(=O)N2CCOC(C)C2)nn1-c1ccccc1. The molecule has 142 valence electrons. The van der Waals surface area contributed by atoms with Crippen molar-refractivity contribution in [3.05, 3.63) is 58.0 Å². The molecule has 8 nitrogen and oxygen atoms in total. The van der Waals surface area contributed by atoms with Crippen molar-refractivity contribution >= 4 is 11.9 Å². The minimum atomic E-state index is -0.917. The average Bonchev–Trinajstić information content (AvgIpc) is 2.66. The standard InChI is InChI=1S/C19H21N3O5/c1-13-10-16(23)18(20-22(13)15-6-4-3-5-7-15)19(25)27-12-17(24)21-8-9-26-14(2)11-21/h3-7,10,14H,8-9,11-12H2,1-2H3. The molecule has 1 atom stereocenters. The maximum atomic E-state index is 12.3. The van der Waals surface area contributed by atoms with Crippen LogP contribution in [0.4, 0.5) is 0 Å². The van der Waals surface area contributed by atoms with E-state index in [4.69, 9.17) is 9.47 Å². The van der Waals surface area contributed by atoms with Gasteiger partial charge in [-0.15, -0.1) is 0 Å². The number of aryl methyl sites for hydroxylation is 1. The van der Waals surface area contributed by atoms with Crippen molar-refractivity contribution in [2.45, 2.75) is 20.0 Å². The summed E-state index contributed by atoms with van der Waals surface area (Å²) in [6, 6.07) is 10.4. The molecule has 0 radical (unpaired) electrons. The van der Waals surface area contributed by atoms with Gasteiger partial charge in [0.1, 0.15) is 0 Å². The maximum absolute atomic E-state index is 12.3. The number of hydrogen-bond acceptors (Lipinski definition) is 6. The van der Waals surface area contributed by atoms with E-state index in [-0.39, 0.29) is 17.7 Å². The second-order valence-electron chi connectivity index (χ2n) is 6.34. The first-order valence-electron chi connectivity index (χ1n) is 8.68. The number of esters is 1. The first kappa shape index (κ1) is 18.8. The van der Waals surface area contributed by atoms with Crippen LogP contribution in [0.3, 0.4) is 0 Å². The van der Waals surface area contributed by atoms with E-state index in [9.17, 15) is 14.4 Å². The van der Waals surface area contributed by atoms with Crippen molar-refractivity contribution in [1.29, 1.82) is 0 Å². The average molecular weight is 371 g/mol. The van der Waals surface area contributed by atoms with Crippen LogP contribution in [0.2, 0.25) is 0 Å². The Morgan fingerprint density at radius 2 is 2.04 bits per heavy atom. The summed E-state index contributed by atoms with van der Waals surface area (Å²) in [5, 5.41) is 4.13. The molecule has 2 heterocycles. The van der Waals surface area contributed by atoms with Gasteiger partial charge < -0.3 is 14.4 Å². The van der Waals surface area contributed by atoms with Crippen LogP contribution < -0.4 is 5.43 Å². The molecular weight excluding hydrogens is 350 g/mol. The lowest BCUT2D eigenvalue weighted by Crippen LogP contribution is -2.46. The third kappa shape index (κ3) is 4.40. The van der Waals surface area contributed by atoms with Gasteiger partial charge in [0.2, 0.25) is 11.1 Å². The number of para-hydroxylation sites is 1. The Bertz CT molecular complexity index is 894. The Balaban J connectivity index is 1.73. The summed E-state index contributed by atoms with van der Waals surface area (Å²) in [7, 11) is 0. The number of hydrogen-bond donors (Lipinski definition) is 0. The molecule has 27 heavy (non-hydrogen) atoms. The fraction of sp³-hybridized carbons (Fsp3) is 0.368.